The zero-order chi connectivity index (χ0) is 19.2. The lowest BCUT2D eigenvalue weighted by molar-refractivity contribution is -0.142. The number of ether oxygens (including phenoxy) is 1. The average molecular weight is 369 g/mol. The van der Waals surface area contributed by atoms with Gasteiger partial charge in [0.15, 0.2) is 0 Å². The lowest BCUT2D eigenvalue weighted by Gasteiger charge is -2.17. The van der Waals surface area contributed by atoms with Gasteiger partial charge in [0.1, 0.15) is 18.2 Å². The van der Waals surface area contributed by atoms with Crippen molar-refractivity contribution < 1.29 is 18.7 Å². The number of nitrogens with zero attached hydrogens (tertiary/aromatic N) is 4. The van der Waals surface area contributed by atoms with Gasteiger partial charge in [0.05, 0.1) is 18.4 Å². The number of halogens is 1. The standard InChI is InChI=1S/C18H16FN5O3/c1-27-18(26)15(9-12-5-3-2-4-6-12)21-17(25)14-8-7-13(19)10-16(14)24-11-20-22-23-24/h2-8,10-11,15H,9H2,1H3,(H,21,25). The first kappa shape index (κ1) is 18.2. The van der Waals surface area contributed by atoms with E-state index >= 15 is 0 Å². The van der Waals surface area contributed by atoms with Crippen molar-refractivity contribution >= 4 is 11.9 Å². The third-order valence-electron chi connectivity index (χ3n) is 3.87. The molecule has 0 saturated heterocycles. The Hall–Kier alpha value is -3.62. The Labute approximate surface area is 154 Å². The van der Waals surface area contributed by atoms with E-state index in [1.807, 2.05) is 30.3 Å². The monoisotopic (exact) mass is 369 g/mol. The van der Waals surface area contributed by atoms with E-state index in [1.165, 1.54) is 24.2 Å². The van der Waals surface area contributed by atoms with Gasteiger partial charge in [-0.05, 0) is 28.1 Å². The summed E-state index contributed by atoms with van der Waals surface area (Å²) in [6, 6.07) is 11.9. The number of benzene rings is 2. The Bertz CT molecular complexity index is 931. The highest BCUT2D eigenvalue weighted by atomic mass is 19.1. The van der Waals surface area contributed by atoms with Gasteiger partial charge in [0, 0.05) is 12.5 Å². The number of aromatic nitrogens is 4. The number of tetrazole rings is 1. The summed E-state index contributed by atoms with van der Waals surface area (Å²) < 4.78 is 19.6. The van der Waals surface area contributed by atoms with E-state index < -0.39 is 23.7 Å². The number of methoxy groups -OCH3 is 1. The third kappa shape index (κ3) is 4.32. The molecule has 0 aliphatic rings. The molecule has 1 atom stereocenters. The van der Waals surface area contributed by atoms with Crippen LogP contribution in [0.4, 0.5) is 4.39 Å². The molecule has 0 aliphatic heterocycles. The molecule has 0 bridgehead atoms. The number of rotatable bonds is 6. The Morgan fingerprint density at radius 2 is 2.00 bits per heavy atom. The largest absolute Gasteiger partial charge is 0.467 e. The molecule has 1 amide bonds. The molecule has 0 spiro atoms. The molecular formula is C18H16FN5O3. The molecular weight excluding hydrogens is 353 g/mol. The second-order valence-electron chi connectivity index (χ2n) is 5.65. The molecule has 1 unspecified atom stereocenters. The van der Waals surface area contributed by atoms with Crippen molar-refractivity contribution in [3.63, 3.8) is 0 Å². The number of esters is 1. The molecule has 3 aromatic rings. The summed E-state index contributed by atoms with van der Waals surface area (Å²) in [7, 11) is 1.25. The second kappa shape index (κ2) is 8.17. The molecule has 1 N–H and O–H groups in total. The number of carbonyl (C=O) groups is 2. The maximum absolute atomic E-state index is 13.6. The smallest absolute Gasteiger partial charge is 0.328 e. The van der Waals surface area contributed by atoms with Crippen LogP contribution in [-0.2, 0) is 16.0 Å². The van der Waals surface area contributed by atoms with Crippen LogP contribution in [0.1, 0.15) is 15.9 Å². The molecule has 1 aromatic heterocycles. The van der Waals surface area contributed by atoms with Crippen LogP contribution in [0.3, 0.4) is 0 Å². The first-order chi connectivity index (χ1) is 13.1. The zero-order valence-electron chi connectivity index (χ0n) is 14.4. The molecule has 3 rings (SSSR count). The lowest BCUT2D eigenvalue weighted by atomic mass is 10.0. The second-order valence-corrected chi connectivity index (χ2v) is 5.65. The summed E-state index contributed by atoms with van der Waals surface area (Å²) in [6.45, 7) is 0. The van der Waals surface area contributed by atoms with Gasteiger partial charge in [-0.15, -0.1) is 5.10 Å². The summed E-state index contributed by atoms with van der Waals surface area (Å²) in [5.41, 5.74) is 1.12. The molecule has 2 aromatic carbocycles. The maximum atomic E-state index is 13.6. The number of hydrogen-bond donors (Lipinski definition) is 1. The summed E-state index contributed by atoms with van der Waals surface area (Å²) in [6.07, 6.45) is 1.49. The first-order valence-electron chi connectivity index (χ1n) is 8.04. The van der Waals surface area contributed by atoms with Crippen LogP contribution >= 0.6 is 0 Å². The zero-order valence-corrected chi connectivity index (χ0v) is 14.4. The maximum Gasteiger partial charge on any atom is 0.328 e. The van der Waals surface area contributed by atoms with E-state index in [0.29, 0.717) is 0 Å². The third-order valence-corrected chi connectivity index (χ3v) is 3.87. The predicted molar refractivity (Wildman–Crippen MR) is 92.5 cm³/mol. The molecule has 9 heteroatoms. The van der Waals surface area contributed by atoms with Gasteiger partial charge in [0.25, 0.3) is 5.91 Å². The summed E-state index contributed by atoms with van der Waals surface area (Å²) >= 11 is 0. The predicted octanol–water partition coefficient (Wildman–Crippen LogP) is 1.32. The highest BCUT2D eigenvalue weighted by molar-refractivity contribution is 5.99. The fourth-order valence-corrected chi connectivity index (χ4v) is 2.58. The lowest BCUT2D eigenvalue weighted by Crippen LogP contribution is -2.43. The van der Waals surface area contributed by atoms with Crippen LogP contribution < -0.4 is 5.32 Å². The van der Waals surface area contributed by atoms with Crippen molar-refractivity contribution in [3.05, 3.63) is 71.8 Å². The van der Waals surface area contributed by atoms with E-state index in [1.54, 1.807) is 0 Å². The van der Waals surface area contributed by atoms with E-state index in [-0.39, 0.29) is 17.7 Å². The van der Waals surface area contributed by atoms with Gasteiger partial charge in [-0.25, -0.2) is 9.18 Å². The number of hydrogen-bond acceptors (Lipinski definition) is 6. The van der Waals surface area contributed by atoms with Crippen molar-refractivity contribution in [2.75, 3.05) is 7.11 Å². The van der Waals surface area contributed by atoms with Crippen LogP contribution in [0.25, 0.3) is 5.69 Å². The molecule has 8 nitrogen and oxygen atoms in total. The average Bonchev–Trinajstić information content (AvgIpc) is 3.22. The quantitative estimate of drug-likeness (QED) is 0.658. The summed E-state index contributed by atoms with van der Waals surface area (Å²) in [4.78, 5) is 24.9. The topological polar surface area (TPSA) is 99.0 Å². The molecule has 1 heterocycles. The summed E-state index contributed by atoms with van der Waals surface area (Å²) in [5, 5.41) is 13.3. The van der Waals surface area contributed by atoms with Gasteiger partial charge in [-0.3, -0.25) is 4.79 Å². The normalized spacial score (nSPS) is 11.6. The number of nitrogens with one attached hydrogen (secondary N) is 1. The Morgan fingerprint density at radius 1 is 1.22 bits per heavy atom. The first-order valence-corrected chi connectivity index (χ1v) is 8.04. The molecule has 138 valence electrons. The van der Waals surface area contributed by atoms with Gasteiger partial charge >= 0.3 is 5.97 Å². The van der Waals surface area contributed by atoms with E-state index in [0.717, 1.165) is 17.7 Å². The Kier molecular flexibility index (Phi) is 5.50. The highest BCUT2D eigenvalue weighted by Crippen LogP contribution is 2.16. The van der Waals surface area contributed by atoms with Crippen LogP contribution in [0, 0.1) is 5.82 Å². The number of carbonyl (C=O) groups excluding carboxylic acids is 2. The minimum atomic E-state index is -0.906. The van der Waals surface area contributed by atoms with Gasteiger partial charge in [0.2, 0.25) is 0 Å². The van der Waals surface area contributed by atoms with Gasteiger partial charge < -0.3 is 10.1 Å². The highest BCUT2D eigenvalue weighted by Gasteiger charge is 2.24. The fraction of sp³-hybridized carbons (Fsp3) is 0.167. The molecule has 27 heavy (non-hydrogen) atoms. The Balaban J connectivity index is 1.87. The van der Waals surface area contributed by atoms with Crippen molar-refractivity contribution in [1.82, 2.24) is 25.5 Å². The fourth-order valence-electron chi connectivity index (χ4n) is 2.58. The van der Waals surface area contributed by atoms with Crippen LogP contribution in [0.15, 0.2) is 54.9 Å². The van der Waals surface area contributed by atoms with Crippen molar-refractivity contribution in [1.29, 1.82) is 0 Å². The van der Waals surface area contributed by atoms with Crippen LogP contribution in [0.5, 0.6) is 0 Å². The van der Waals surface area contributed by atoms with Crippen molar-refractivity contribution in [2.45, 2.75) is 12.5 Å². The Morgan fingerprint density at radius 3 is 2.67 bits per heavy atom. The van der Waals surface area contributed by atoms with Gasteiger partial charge in [-0.2, -0.15) is 4.68 Å². The van der Waals surface area contributed by atoms with Gasteiger partial charge in [-0.1, -0.05) is 30.3 Å². The summed E-state index contributed by atoms with van der Waals surface area (Å²) in [5.74, 6) is -1.71. The van der Waals surface area contributed by atoms with E-state index in [9.17, 15) is 14.0 Å². The molecule has 0 saturated carbocycles. The van der Waals surface area contributed by atoms with Crippen molar-refractivity contribution in [3.8, 4) is 5.69 Å². The number of amides is 1. The molecule has 0 aliphatic carbocycles. The molecule has 0 radical (unpaired) electrons. The SMILES string of the molecule is COC(=O)C(Cc1ccccc1)NC(=O)c1ccc(F)cc1-n1cnnn1. The van der Waals surface area contributed by atoms with E-state index in [4.69, 9.17) is 4.74 Å². The molecule has 0 fully saturated rings. The van der Waals surface area contributed by atoms with Crippen molar-refractivity contribution in [2.24, 2.45) is 0 Å². The van der Waals surface area contributed by atoms with E-state index in [2.05, 4.69) is 20.8 Å². The minimum absolute atomic E-state index is 0.116. The van der Waals surface area contributed by atoms with Crippen LogP contribution in [-0.4, -0.2) is 45.2 Å². The van der Waals surface area contributed by atoms with Crippen LogP contribution in [0.2, 0.25) is 0 Å². The minimum Gasteiger partial charge on any atom is -0.467 e.